The van der Waals surface area contributed by atoms with Crippen LogP contribution in [-0.2, 0) is 21.4 Å². The standard InChI is InChI=1S/C22H26N4O5S/c1-16-23-11-12-25(16)18-7-5-17(6-8-18)14-24-22(27)15-26(32(4,28)29)20-10-9-19(30-2)13-21(20)31-3/h5-13H,14-15H2,1-4H3,(H,24,27). The van der Waals surface area contributed by atoms with Gasteiger partial charge in [-0.05, 0) is 36.8 Å². The number of anilines is 1. The van der Waals surface area contributed by atoms with E-state index in [1.54, 1.807) is 24.4 Å². The number of ether oxygens (including phenoxy) is 2. The summed E-state index contributed by atoms with van der Waals surface area (Å²) in [7, 11) is -0.816. The first-order chi connectivity index (χ1) is 15.2. The van der Waals surface area contributed by atoms with Gasteiger partial charge in [0.25, 0.3) is 0 Å². The Kier molecular flexibility index (Phi) is 7.04. The molecule has 3 rings (SSSR count). The minimum atomic E-state index is -3.74. The fourth-order valence-electron chi connectivity index (χ4n) is 3.18. The van der Waals surface area contributed by atoms with Gasteiger partial charge in [-0.2, -0.15) is 0 Å². The number of amides is 1. The summed E-state index contributed by atoms with van der Waals surface area (Å²) in [4.78, 5) is 16.8. The topological polar surface area (TPSA) is 103 Å². The molecule has 0 radical (unpaired) electrons. The summed E-state index contributed by atoms with van der Waals surface area (Å²) in [5, 5.41) is 2.77. The summed E-state index contributed by atoms with van der Waals surface area (Å²) in [6, 6.07) is 12.4. The fourth-order valence-corrected chi connectivity index (χ4v) is 4.04. The van der Waals surface area contributed by atoms with Crippen molar-refractivity contribution in [1.29, 1.82) is 0 Å². The van der Waals surface area contributed by atoms with E-state index in [4.69, 9.17) is 9.47 Å². The van der Waals surface area contributed by atoms with Crippen LogP contribution < -0.4 is 19.1 Å². The Morgan fingerprint density at radius 3 is 2.41 bits per heavy atom. The normalized spacial score (nSPS) is 11.1. The SMILES string of the molecule is COc1ccc(N(CC(=O)NCc2ccc(-n3ccnc3C)cc2)S(C)(=O)=O)c(OC)c1. The number of imidazole rings is 1. The summed E-state index contributed by atoms with van der Waals surface area (Å²) in [6.07, 6.45) is 4.65. The molecule has 0 saturated carbocycles. The molecule has 0 bridgehead atoms. The average molecular weight is 459 g/mol. The van der Waals surface area contributed by atoms with E-state index in [0.29, 0.717) is 5.75 Å². The van der Waals surface area contributed by atoms with Crippen molar-refractivity contribution >= 4 is 21.6 Å². The molecule has 9 nitrogen and oxygen atoms in total. The van der Waals surface area contributed by atoms with Crippen LogP contribution in [-0.4, -0.2) is 50.9 Å². The number of rotatable bonds is 9. The lowest BCUT2D eigenvalue weighted by molar-refractivity contribution is -0.119. The molecule has 1 aromatic heterocycles. The van der Waals surface area contributed by atoms with Gasteiger partial charge >= 0.3 is 0 Å². The van der Waals surface area contributed by atoms with Crippen molar-refractivity contribution in [3.8, 4) is 17.2 Å². The highest BCUT2D eigenvalue weighted by molar-refractivity contribution is 7.92. The quantitative estimate of drug-likeness (QED) is 0.528. The largest absolute Gasteiger partial charge is 0.497 e. The predicted molar refractivity (Wildman–Crippen MR) is 122 cm³/mol. The first-order valence-corrected chi connectivity index (χ1v) is 11.6. The molecule has 1 amide bonds. The lowest BCUT2D eigenvalue weighted by atomic mass is 10.2. The predicted octanol–water partition coefficient (Wildman–Crippen LogP) is 2.28. The highest BCUT2D eigenvalue weighted by atomic mass is 32.2. The Hall–Kier alpha value is -3.53. The van der Waals surface area contributed by atoms with Gasteiger partial charge < -0.3 is 19.4 Å². The molecule has 170 valence electrons. The van der Waals surface area contributed by atoms with Gasteiger partial charge in [0.05, 0.1) is 26.2 Å². The highest BCUT2D eigenvalue weighted by Crippen LogP contribution is 2.33. The van der Waals surface area contributed by atoms with Crippen molar-refractivity contribution in [2.75, 3.05) is 31.3 Å². The molecule has 0 atom stereocenters. The lowest BCUT2D eigenvalue weighted by Gasteiger charge is -2.24. The van der Waals surface area contributed by atoms with Crippen LogP contribution in [0.25, 0.3) is 5.69 Å². The van der Waals surface area contributed by atoms with Crippen molar-refractivity contribution in [2.24, 2.45) is 0 Å². The smallest absolute Gasteiger partial charge is 0.241 e. The van der Waals surface area contributed by atoms with E-state index in [-0.39, 0.29) is 24.5 Å². The molecule has 10 heteroatoms. The van der Waals surface area contributed by atoms with Crippen molar-refractivity contribution in [3.63, 3.8) is 0 Å². The summed E-state index contributed by atoms with van der Waals surface area (Å²) < 4.78 is 38.2. The van der Waals surface area contributed by atoms with E-state index >= 15 is 0 Å². The number of benzene rings is 2. The number of hydrogen-bond acceptors (Lipinski definition) is 6. The monoisotopic (exact) mass is 458 g/mol. The van der Waals surface area contributed by atoms with Crippen molar-refractivity contribution in [3.05, 3.63) is 66.2 Å². The van der Waals surface area contributed by atoms with E-state index < -0.39 is 15.9 Å². The molecular formula is C22H26N4O5S. The van der Waals surface area contributed by atoms with E-state index in [1.165, 1.54) is 14.2 Å². The second-order valence-electron chi connectivity index (χ2n) is 7.10. The Balaban J connectivity index is 1.70. The molecule has 2 aromatic carbocycles. The van der Waals surface area contributed by atoms with Crippen LogP contribution in [0.1, 0.15) is 11.4 Å². The van der Waals surface area contributed by atoms with Crippen LogP contribution in [0, 0.1) is 6.92 Å². The number of aromatic nitrogens is 2. The maximum Gasteiger partial charge on any atom is 0.241 e. The number of carbonyl (C=O) groups is 1. The Morgan fingerprint density at radius 2 is 1.84 bits per heavy atom. The molecule has 1 N–H and O–H groups in total. The van der Waals surface area contributed by atoms with Crippen molar-refractivity contribution in [2.45, 2.75) is 13.5 Å². The average Bonchev–Trinajstić information content (AvgIpc) is 3.21. The van der Waals surface area contributed by atoms with Gasteiger partial charge in [0, 0.05) is 30.7 Å². The Labute approximate surface area is 187 Å². The third-order valence-electron chi connectivity index (χ3n) is 4.87. The lowest BCUT2D eigenvalue weighted by Crippen LogP contribution is -2.40. The molecule has 0 aliphatic heterocycles. The number of sulfonamides is 1. The molecule has 3 aromatic rings. The summed E-state index contributed by atoms with van der Waals surface area (Å²) in [6.45, 7) is 1.80. The van der Waals surface area contributed by atoms with Gasteiger partial charge in [-0.1, -0.05) is 12.1 Å². The minimum Gasteiger partial charge on any atom is -0.497 e. The number of carbonyl (C=O) groups excluding carboxylic acids is 1. The molecule has 0 aliphatic carbocycles. The second-order valence-corrected chi connectivity index (χ2v) is 9.00. The number of aryl methyl sites for hydroxylation is 1. The molecule has 1 heterocycles. The van der Waals surface area contributed by atoms with Gasteiger partial charge in [0.1, 0.15) is 23.9 Å². The number of nitrogens with one attached hydrogen (secondary N) is 1. The zero-order chi connectivity index (χ0) is 23.3. The van der Waals surface area contributed by atoms with Crippen LogP contribution in [0.3, 0.4) is 0 Å². The molecule has 0 unspecified atom stereocenters. The molecule has 32 heavy (non-hydrogen) atoms. The Morgan fingerprint density at radius 1 is 1.12 bits per heavy atom. The minimum absolute atomic E-state index is 0.256. The van der Waals surface area contributed by atoms with Gasteiger partial charge in [-0.3, -0.25) is 9.10 Å². The van der Waals surface area contributed by atoms with E-state index in [9.17, 15) is 13.2 Å². The van der Waals surface area contributed by atoms with E-state index in [2.05, 4.69) is 10.3 Å². The van der Waals surface area contributed by atoms with E-state index in [1.807, 2.05) is 42.0 Å². The van der Waals surface area contributed by atoms with Crippen LogP contribution in [0.15, 0.2) is 54.9 Å². The molecule has 0 saturated heterocycles. The first kappa shape index (κ1) is 23.1. The summed E-state index contributed by atoms with van der Waals surface area (Å²) in [5.74, 6) is 1.23. The van der Waals surface area contributed by atoms with Crippen LogP contribution in [0.5, 0.6) is 11.5 Å². The third-order valence-corrected chi connectivity index (χ3v) is 6.00. The molecule has 0 spiro atoms. The Bertz CT molecular complexity index is 1190. The van der Waals surface area contributed by atoms with Crippen molar-refractivity contribution in [1.82, 2.24) is 14.9 Å². The van der Waals surface area contributed by atoms with Gasteiger partial charge in [-0.25, -0.2) is 13.4 Å². The maximum atomic E-state index is 12.6. The second kappa shape index (κ2) is 9.73. The van der Waals surface area contributed by atoms with E-state index in [0.717, 1.165) is 27.6 Å². The van der Waals surface area contributed by atoms with Crippen LogP contribution in [0.4, 0.5) is 5.69 Å². The zero-order valence-electron chi connectivity index (χ0n) is 18.4. The molecular weight excluding hydrogens is 432 g/mol. The molecule has 0 aliphatic rings. The fraction of sp³-hybridized carbons (Fsp3) is 0.273. The van der Waals surface area contributed by atoms with Gasteiger partial charge in [0.2, 0.25) is 15.9 Å². The highest BCUT2D eigenvalue weighted by Gasteiger charge is 2.24. The van der Waals surface area contributed by atoms with Crippen LogP contribution in [0.2, 0.25) is 0 Å². The van der Waals surface area contributed by atoms with Gasteiger partial charge in [0.15, 0.2) is 0 Å². The van der Waals surface area contributed by atoms with Gasteiger partial charge in [-0.15, -0.1) is 0 Å². The zero-order valence-corrected chi connectivity index (χ0v) is 19.2. The third kappa shape index (κ3) is 5.38. The number of hydrogen-bond donors (Lipinski definition) is 1. The maximum absolute atomic E-state index is 12.6. The molecule has 0 fully saturated rings. The number of nitrogens with zero attached hydrogens (tertiary/aromatic N) is 3. The first-order valence-electron chi connectivity index (χ1n) is 9.78. The number of methoxy groups -OCH3 is 2. The van der Waals surface area contributed by atoms with Crippen LogP contribution >= 0.6 is 0 Å². The van der Waals surface area contributed by atoms with Crippen molar-refractivity contribution < 1.29 is 22.7 Å². The summed E-state index contributed by atoms with van der Waals surface area (Å²) >= 11 is 0. The summed E-state index contributed by atoms with van der Waals surface area (Å²) in [5.41, 5.74) is 2.10.